The highest BCUT2D eigenvalue weighted by Gasteiger charge is 2.22. The first-order valence-corrected chi connectivity index (χ1v) is 7.42. The fraction of sp³-hybridized carbons (Fsp3) is 0.625. The smallest absolute Gasteiger partial charge is 0.115 e. The van der Waals surface area contributed by atoms with Gasteiger partial charge in [0.1, 0.15) is 5.75 Å². The second kappa shape index (κ2) is 6.92. The number of rotatable bonds is 5. The molecule has 0 aromatic heterocycles. The van der Waals surface area contributed by atoms with Gasteiger partial charge in [0, 0.05) is 12.6 Å². The molecule has 1 fully saturated rings. The zero-order chi connectivity index (χ0) is 13.7. The maximum atomic E-state index is 9.26. The van der Waals surface area contributed by atoms with Crippen LogP contribution < -0.4 is 5.32 Å². The molecule has 0 spiro atoms. The van der Waals surface area contributed by atoms with Crippen LogP contribution in [0.2, 0.25) is 0 Å². The molecular formula is C16H26N2O. The summed E-state index contributed by atoms with van der Waals surface area (Å²) in [6, 6.07) is 8.03. The van der Waals surface area contributed by atoms with E-state index in [-0.39, 0.29) is 0 Å². The highest BCUT2D eigenvalue weighted by atomic mass is 16.3. The third-order valence-corrected chi connectivity index (χ3v) is 4.35. The molecular weight excluding hydrogens is 236 g/mol. The van der Waals surface area contributed by atoms with E-state index in [0.717, 1.165) is 12.5 Å². The Labute approximate surface area is 116 Å². The maximum absolute atomic E-state index is 9.26. The van der Waals surface area contributed by atoms with E-state index < -0.39 is 0 Å². The summed E-state index contributed by atoms with van der Waals surface area (Å²) in [6.45, 7) is 9.09. The highest BCUT2D eigenvalue weighted by molar-refractivity contribution is 5.25. The van der Waals surface area contributed by atoms with E-state index in [1.807, 2.05) is 12.1 Å². The molecule has 0 amide bonds. The van der Waals surface area contributed by atoms with Crippen LogP contribution in [0.25, 0.3) is 0 Å². The van der Waals surface area contributed by atoms with Crippen LogP contribution in [0.4, 0.5) is 0 Å². The van der Waals surface area contributed by atoms with Gasteiger partial charge < -0.3 is 15.3 Å². The van der Waals surface area contributed by atoms with Crippen molar-refractivity contribution in [3.8, 4) is 5.75 Å². The summed E-state index contributed by atoms with van der Waals surface area (Å²) in [4.78, 5) is 2.53. The third-order valence-electron chi connectivity index (χ3n) is 4.35. The number of nitrogens with zero attached hydrogens (tertiary/aromatic N) is 1. The number of phenolic OH excluding ortho intramolecular Hbond substituents is 1. The van der Waals surface area contributed by atoms with Gasteiger partial charge in [0.2, 0.25) is 0 Å². The molecule has 19 heavy (non-hydrogen) atoms. The van der Waals surface area contributed by atoms with Crippen LogP contribution in [-0.2, 0) is 6.54 Å². The molecule has 2 N–H and O–H groups in total. The number of nitrogens with one attached hydrogen (secondary N) is 1. The Morgan fingerprint density at radius 3 is 2.47 bits per heavy atom. The summed E-state index contributed by atoms with van der Waals surface area (Å²) in [5, 5.41) is 12.9. The molecule has 0 aliphatic carbocycles. The minimum Gasteiger partial charge on any atom is -0.508 e. The van der Waals surface area contributed by atoms with Crippen LogP contribution in [0.1, 0.15) is 32.3 Å². The summed E-state index contributed by atoms with van der Waals surface area (Å²) in [7, 11) is 0. The molecule has 3 nitrogen and oxygen atoms in total. The number of benzene rings is 1. The molecule has 1 aromatic rings. The SMILES string of the molecule is CCN1CCC(C(C)NCc2ccc(O)cc2)CC1. The fourth-order valence-corrected chi connectivity index (χ4v) is 2.83. The van der Waals surface area contributed by atoms with Gasteiger partial charge in [-0.15, -0.1) is 0 Å². The second-order valence-corrected chi connectivity index (χ2v) is 5.61. The Balaban J connectivity index is 1.75. The molecule has 1 aromatic carbocycles. The molecule has 1 heterocycles. The molecule has 1 aliphatic rings. The van der Waals surface area contributed by atoms with Gasteiger partial charge in [-0.25, -0.2) is 0 Å². The van der Waals surface area contributed by atoms with Crippen molar-refractivity contribution in [3.05, 3.63) is 29.8 Å². The van der Waals surface area contributed by atoms with Crippen LogP contribution in [0, 0.1) is 5.92 Å². The van der Waals surface area contributed by atoms with Crippen molar-refractivity contribution < 1.29 is 5.11 Å². The van der Waals surface area contributed by atoms with Crippen LogP contribution in [0.3, 0.4) is 0 Å². The lowest BCUT2D eigenvalue weighted by molar-refractivity contribution is 0.168. The maximum Gasteiger partial charge on any atom is 0.115 e. The number of likely N-dealkylation sites (tertiary alicyclic amines) is 1. The van der Waals surface area contributed by atoms with E-state index in [0.29, 0.717) is 11.8 Å². The van der Waals surface area contributed by atoms with E-state index in [4.69, 9.17) is 0 Å². The third kappa shape index (κ3) is 4.22. The van der Waals surface area contributed by atoms with Crippen molar-refractivity contribution in [2.45, 2.75) is 39.3 Å². The van der Waals surface area contributed by atoms with Crippen molar-refractivity contribution in [3.63, 3.8) is 0 Å². The van der Waals surface area contributed by atoms with Crippen molar-refractivity contribution in [1.82, 2.24) is 10.2 Å². The highest BCUT2D eigenvalue weighted by Crippen LogP contribution is 2.20. The Morgan fingerprint density at radius 2 is 1.89 bits per heavy atom. The van der Waals surface area contributed by atoms with E-state index in [2.05, 4.69) is 24.1 Å². The second-order valence-electron chi connectivity index (χ2n) is 5.61. The zero-order valence-electron chi connectivity index (χ0n) is 12.1. The van der Waals surface area contributed by atoms with Gasteiger partial charge in [-0.1, -0.05) is 19.1 Å². The molecule has 0 bridgehead atoms. The predicted molar refractivity (Wildman–Crippen MR) is 79.2 cm³/mol. The number of hydrogen-bond donors (Lipinski definition) is 2. The fourth-order valence-electron chi connectivity index (χ4n) is 2.83. The molecule has 3 heteroatoms. The Hall–Kier alpha value is -1.06. The predicted octanol–water partition coefficient (Wildman–Crippen LogP) is 2.60. The van der Waals surface area contributed by atoms with E-state index >= 15 is 0 Å². The molecule has 1 aliphatic heterocycles. The van der Waals surface area contributed by atoms with Gasteiger partial charge in [0.25, 0.3) is 0 Å². The number of phenols is 1. The van der Waals surface area contributed by atoms with Crippen LogP contribution in [0.5, 0.6) is 5.75 Å². The number of piperidine rings is 1. The lowest BCUT2D eigenvalue weighted by Gasteiger charge is -2.34. The summed E-state index contributed by atoms with van der Waals surface area (Å²) in [5.41, 5.74) is 1.23. The van der Waals surface area contributed by atoms with Gasteiger partial charge in [-0.3, -0.25) is 0 Å². The molecule has 0 radical (unpaired) electrons. The largest absolute Gasteiger partial charge is 0.508 e. The van der Waals surface area contributed by atoms with Crippen molar-refractivity contribution >= 4 is 0 Å². The average Bonchev–Trinajstić information content (AvgIpc) is 2.46. The first kappa shape index (κ1) is 14.4. The zero-order valence-corrected chi connectivity index (χ0v) is 12.1. The summed E-state index contributed by atoms with van der Waals surface area (Å²) in [5.74, 6) is 1.13. The van der Waals surface area contributed by atoms with Gasteiger partial charge in [0.05, 0.1) is 0 Å². The van der Waals surface area contributed by atoms with Gasteiger partial charge in [0.15, 0.2) is 0 Å². The topological polar surface area (TPSA) is 35.5 Å². The van der Waals surface area contributed by atoms with Gasteiger partial charge in [-0.05, 0) is 63.0 Å². The Morgan fingerprint density at radius 1 is 1.26 bits per heavy atom. The van der Waals surface area contributed by atoms with Crippen LogP contribution in [-0.4, -0.2) is 35.7 Å². The Bertz CT molecular complexity index is 369. The lowest BCUT2D eigenvalue weighted by atomic mass is 9.90. The minimum atomic E-state index is 0.337. The van der Waals surface area contributed by atoms with Gasteiger partial charge in [-0.2, -0.15) is 0 Å². The summed E-state index contributed by atoms with van der Waals surface area (Å²) in [6.07, 6.45) is 2.61. The first-order valence-electron chi connectivity index (χ1n) is 7.42. The van der Waals surface area contributed by atoms with Crippen molar-refractivity contribution in [2.75, 3.05) is 19.6 Å². The van der Waals surface area contributed by atoms with Crippen LogP contribution >= 0.6 is 0 Å². The van der Waals surface area contributed by atoms with Gasteiger partial charge >= 0.3 is 0 Å². The van der Waals surface area contributed by atoms with Crippen molar-refractivity contribution in [1.29, 1.82) is 0 Å². The first-order chi connectivity index (χ1) is 9.19. The molecule has 1 saturated heterocycles. The molecule has 2 rings (SSSR count). The van der Waals surface area contributed by atoms with E-state index in [1.165, 1.54) is 38.0 Å². The standard InChI is InChI=1S/C16H26N2O/c1-3-18-10-8-15(9-11-18)13(2)17-12-14-4-6-16(19)7-5-14/h4-7,13,15,17,19H,3,8-12H2,1-2H3. The summed E-state index contributed by atoms with van der Waals surface area (Å²) < 4.78 is 0. The molecule has 1 atom stereocenters. The number of hydrogen-bond acceptors (Lipinski definition) is 3. The van der Waals surface area contributed by atoms with Crippen LogP contribution in [0.15, 0.2) is 24.3 Å². The average molecular weight is 262 g/mol. The lowest BCUT2D eigenvalue weighted by Crippen LogP contribution is -2.41. The quantitative estimate of drug-likeness (QED) is 0.856. The van der Waals surface area contributed by atoms with E-state index in [9.17, 15) is 5.11 Å². The Kier molecular flexibility index (Phi) is 5.23. The summed E-state index contributed by atoms with van der Waals surface area (Å²) >= 11 is 0. The normalized spacial score (nSPS) is 19.5. The molecule has 106 valence electrons. The minimum absolute atomic E-state index is 0.337. The van der Waals surface area contributed by atoms with Crippen molar-refractivity contribution in [2.24, 2.45) is 5.92 Å². The molecule has 1 unspecified atom stereocenters. The number of aromatic hydroxyl groups is 1. The molecule has 0 saturated carbocycles. The monoisotopic (exact) mass is 262 g/mol. The van der Waals surface area contributed by atoms with E-state index in [1.54, 1.807) is 12.1 Å².